The summed E-state index contributed by atoms with van der Waals surface area (Å²) in [5.74, 6) is 0.107. The number of rotatable bonds is 3. The average Bonchev–Trinajstić information content (AvgIpc) is 2.65. The molecule has 102 valence electrons. The zero-order valence-electron chi connectivity index (χ0n) is 11.0. The lowest BCUT2D eigenvalue weighted by Crippen LogP contribution is -2.32. The lowest BCUT2D eigenvalue weighted by atomic mass is 10.2. The largest absolute Gasteiger partial charge is 0.383 e. The van der Waals surface area contributed by atoms with Crippen LogP contribution in [0, 0.1) is 6.92 Å². The highest BCUT2D eigenvalue weighted by molar-refractivity contribution is 5.60. The summed E-state index contributed by atoms with van der Waals surface area (Å²) in [4.78, 5) is 25.2. The third-order valence-corrected chi connectivity index (χ3v) is 2.94. The van der Waals surface area contributed by atoms with Crippen molar-refractivity contribution in [2.24, 2.45) is 14.1 Å². The standard InChI is InChI=1S/C11H16N6O2/c1-6-7(5-16(2)15-6)4-13-8-9(12)17(3)11(19)14-10(8)18/h5,13H,4,12H2,1-3H3,(H,14,18,19). The molecule has 0 aliphatic heterocycles. The third kappa shape index (κ3) is 2.37. The van der Waals surface area contributed by atoms with Gasteiger partial charge in [-0.1, -0.05) is 0 Å². The smallest absolute Gasteiger partial charge is 0.329 e. The van der Waals surface area contributed by atoms with Crippen LogP contribution in [-0.2, 0) is 20.6 Å². The minimum atomic E-state index is -0.536. The fourth-order valence-corrected chi connectivity index (χ4v) is 1.81. The number of aryl methyl sites for hydroxylation is 2. The van der Waals surface area contributed by atoms with Crippen molar-refractivity contribution in [3.8, 4) is 0 Å². The number of anilines is 2. The van der Waals surface area contributed by atoms with Crippen LogP contribution in [0.4, 0.5) is 11.5 Å². The van der Waals surface area contributed by atoms with Crippen molar-refractivity contribution in [1.29, 1.82) is 0 Å². The van der Waals surface area contributed by atoms with Gasteiger partial charge in [-0.25, -0.2) is 4.79 Å². The average molecular weight is 264 g/mol. The number of nitrogens with two attached hydrogens (primary N) is 1. The van der Waals surface area contributed by atoms with Crippen molar-refractivity contribution in [1.82, 2.24) is 19.3 Å². The van der Waals surface area contributed by atoms with Gasteiger partial charge in [0.1, 0.15) is 11.5 Å². The van der Waals surface area contributed by atoms with Crippen LogP contribution >= 0.6 is 0 Å². The molecule has 0 saturated carbocycles. The summed E-state index contributed by atoms with van der Waals surface area (Å²) in [5, 5.41) is 7.14. The molecule has 0 aliphatic carbocycles. The van der Waals surface area contributed by atoms with Gasteiger partial charge in [0.15, 0.2) is 0 Å². The molecule has 0 radical (unpaired) electrons. The van der Waals surface area contributed by atoms with Gasteiger partial charge in [0, 0.05) is 32.4 Å². The maximum atomic E-state index is 11.7. The molecule has 0 bridgehead atoms. The van der Waals surface area contributed by atoms with E-state index >= 15 is 0 Å². The maximum absolute atomic E-state index is 11.7. The SMILES string of the molecule is Cc1nn(C)cc1CNc1c(N)n(C)c(=O)[nH]c1=O. The minimum Gasteiger partial charge on any atom is -0.383 e. The van der Waals surface area contributed by atoms with Gasteiger partial charge >= 0.3 is 5.69 Å². The Morgan fingerprint density at radius 3 is 2.68 bits per heavy atom. The fourth-order valence-electron chi connectivity index (χ4n) is 1.81. The topological polar surface area (TPSA) is 111 Å². The van der Waals surface area contributed by atoms with E-state index in [9.17, 15) is 9.59 Å². The lowest BCUT2D eigenvalue weighted by Gasteiger charge is -2.10. The summed E-state index contributed by atoms with van der Waals surface area (Å²) < 4.78 is 2.88. The minimum absolute atomic E-state index is 0.107. The van der Waals surface area contributed by atoms with Crippen LogP contribution in [0.1, 0.15) is 11.3 Å². The van der Waals surface area contributed by atoms with Gasteiger partial charge in [-0.2, -0.15) is 5.10 Å². The summed E-state index contributed by atoms with van der Waals surface area (Å²) >= 11 is 0. The van der Waals surface area contributed by atoms with E-state index in [-0.39, 0.29) is 11.5 Å². The van der Waals surface area contributed by atoms with E-state index in [4.69, 9.17) is 5.73 Å². The molecule has 4 N–H and O–H groups in total. The maximum Gasteiger partial charge on any atom is 0.329 e. The summed E-state index contributed by atoms with van der Waals surface area (Å²) in [7, 11) is 3.32. The van der Waals surface area contributed by atoms with Crippen LogP contribution in [0.3, 0.4) is 0 Å². The Balaban J connectivity index is 2.30. The van der Waals surface area contributed by atoms with Gasteiger partial charge in [0.2, 0.25) is 0 Å². The fraction of sp³-hybridized carbons (Fsp3) is 0.364. The first-order chi connectivity index (χ1) is 8.90. The number of hydrogen-bond acceptors (Lipinski definition) is 5. The van der Waals surface area contributed by atoms with Crippen molar-refractivity contribution in [3.05, 3.63) is 38.3 Å². The second-order valence-corrected chi connectivity index (χ2v) is 4.35. The van der Waals surface area contributed by atoms with E-state index in [0.29, 0.717) is 6.54 Å². The summed E-state index contributed by atoms with van der Waals surface area (Å²) in [6.07, 6.45) is 1.86. The molecule has 0 aliphatic rings. The molecule has 0 unspecified atom stereocenters. The van der Waals surface area contributed by atoms with Crippen molar-refractivity contribution >= 4 is 11.5 Å². The van der Waals surface area contributed by atoms with Gasteiger partial charge in [-0.05, 0) is 6.92 Å². The highest BCUT2D eigenvalue weighted by Gasteiger charge is 2.10. The highest BCUT2D eigenvalue weighted by atomic mass is 16.2. The molecule has 0 aromatic carbocycles. The van der Waals surface area contributed by atoms with Gasteiger partial charge < -0.3 is 11.1 Å². The monoisotopic (exact) mass is 264 g/mol. The molecule has 0 amide bonds. The molecule has 8 nitrogen and oxygen atoms in total. The van der Waals surface area contributed by atoms with Gasteiger partial charge in [0.05, 0.1) is 5.69 Å². The lowest BCUT2D eigenvalue weighted by molar-refractivity contribution is 0.756. The van der Waals surface area contributed by atoms with E-state index in [1.807, 2.05) is 20.2 Å². The number of aromatic amines is 1. The molecule has 0 spiro atoms. The zero-order chi connectivity index (χ0) is 14.2. The number of aromatic nitrogens is 4. The van der Waals surface area contributed by atoms with Crippen LogP contribution in [0.5, 0.6) is 0 Å². The molecule has 2 aromatic rings. The van der Waals surface area contributed by atoms with Gasteiger partial charge in [0.25, 0.3) is 5.56 Å². The van der Waals surface area contributed by atoms with Crippen LogP contribution in [0.25, 0.3) is 0 Å². The van der Waals surface area contributed by atoms with Crippen molar-refractivity contribution in [2.45, 2.75) is 13.5 Å². The highest BCUT2D eigenvalue weighted by Crippen LogP contribution is 2.12. The molecule has 2 aromatic heterocycles. The predicted molar refractivity (Wildman–Crippen MR) is 72.0 cm³/mol. The van der Waals surface area contributed by atoms with E-state index in [0.717, 1.165) is 11.3 Å². The Morgan fingerprint density at radius 1 is 1.42 bits per heavy atom. The third-order valence-electron chi connectivity index (χ3n) is 2.94. The summed E-state index contributed by atoms with van der Waals surface area (Å²) in [6, 6.07) is 0. The van der Waals surface area contributed by atoms with E-state index < -0.39 is 11.2 Å². The Hall–Kier alpha value is -2.51. The first kappa shape index (κ1) is 12.9. The molecular formula is C11H16N6O2. The van der Waals surface area contributed by atoms with Crippen molar-refractivity contribution in [3.63, 3.8) is 0 Å². The number of nitrogen functional groups attached to an aromatic ring is 1. The molecule has 0 atom stereocenters. The Morgan fingerprint density at radius 2 is 2.11 bits per heavy atom. The number of nitrogens with zero attached hydrogens (tertiary/aromatic N) is 3. The first-order valence-corrected chi connectivity index (χ1v) is 5.72. The number of hydrogen-bond donors (Lipinski definition) is 3. The second kappa shape index (κ2) is 4.63. The summed E-state index contributed by atoms with van der Waals surface area (Å²) in [6.45, 7) is 2.29. The molecule has 2 rings (SSSR count). The van der Waals surface area contributed by atoms with E-state index in [1.54, 1.807) is 4.68 Å². The molecule has 0 fully saturated rings. The van der Waals surface area contributed by atoms with Crippen molar-refractivity contribution < 1.29 is 0 Å². The summed E-state index contributed by atoms with van der Waals surface area (Å²) in [5.41, 5.74) is 6.70. The van der Waals surface area contributed by atoms with Crippen LogP contribution in [-0.4, -0.2) is 19.3 Å². The second-order valence-electron chi connectivity index (χ2n) is 4.35. The first-order valence-electron chi connectivity index (χ1n) is 5.72. The van der Waals surface area contributed by atoms with Crippen LogP contribution in [0.15, 0.2) is 15.8 Å². The zero-order valence-corrected chi connectivity index (χ0v) is 11.0. The van der Waals surface area contributed by atoms with Crippen molar-refractivity contribution in [2.75, 3.05) is 11.1 Å². The molecule has 2 heterocycles. The normalized spacial score (nSPS) is 10.7. The molecule has 8 heteroatoms. The number of H-pyrrole nitrogens is 1. The predicted octanol–water partition coefficient (Wildman–Crippen LogP) is -0.690. The van der Waals surface area contributed by atoms with E-state index in [2.05, 4.69) is 15.4 Å². The van der Waals surface area contributed by atoms with Crippen LogP contribution in [0.2, 0.25) is 0 Å². The van der Waals surface area contributed by atoms with Gasteiger partial charge in [-0.3, -0.25) is 19.0 Å². The quantitative estimate of drug-likeness (QED) is 0.679. The molecule has 0 saturated heterocycles. The number of nitrogens with one attached hydrogen (secondary N) is 2. The Kier molecular flexibility index (Phi) is 3.16. The molecule has 19 heavy (non-hydrogen) atoms. The van der Waals surface area contributed by atoms with Crippen LogP contribution < -0.4 is 22.3 Å². The Labute approximate surface area is 108 Å². The Bertz CT molecular complexity index is 724. The van der Waals surface area contributed by atoms with Gasteiger partial charge in [-0.15, -0.1) is 0 Å². The van der Waals surface area contributed by atoms with E-state index in [1.165, 1.54) is 11.6 Å². The molecular weight excluding hydrogens is 248 g/mol.